The molecule has 0 saturated heterocycles. The molecule has 1 rings (SSSR count). The molecule has 19 heavy (non-hydrogen) atoms. The molecule has 3 heteroatoms. The first-order valence-electron chi connectivity index (χ1n) is 7.31. The number of nitrogens with one attached hydrogen (secondary N) is 1. The first kappa shape index (κ1) is 16.5. The fourth-order valence-corrected chi connectivity index (χ4v) is 2.62. The summed E-state index contributed by atoms with van der Waals surface area (Å²) >= 11 is 6.14. The lowest BCUT2D eigenvalue weighted by atomic mass is 9.99. The molecule has 0 bridgehead atoms. The first-order chi connectivity index (χ1) is 9.19. The van der Waals surface area contributed by atoms with Gasteiger partial charge in [0.2, 0.25) is 0 Å². The number of rotatable bonds is 9. The molecule has 0 spiro atoms. The van der Waals surface area contributed by atoms with Gasteiger partial charge < -0.3 is 5.32 Å². The molecule has 0 saturated carbocycles. The molecule has 1 N–H and O–H groups in total. The van der Waals surface area contributed by atoms with Crippen molar-refractivity contribution < 1.29 is 4.39 Å². The normalized spacial score (nSPS) is 12.6. The van der Waals surface area contributed by atoms with Crippen LogP contribution in [0.4, 0.5) is 4.39 Å². The summed E-state index contributed by atoms with van der Waals surface area (Å²) in [5, 5.41) is 3.88. The van der Waals surface area contributed by atoms with E-state index >= 15 is 0 Å². The topological polar surface area (TPSA) is 12.0 Å². The van der Waals surface area contributed by atoms with Crippen LogP contribution >= 0.6 is 11.6 Å². The van der Waals surface area contributed by atoms with E-state index in [0.717, 1.165) is 18.4 Å². The second-order valence-electron chi connectivity index (χ2n) is 5.06. The molecule has 1 aromatic rings. The lowest BCUT2D eigenvalue weighted by Gasteiger charge is -2.18. The molecule has 1 nitrogen and oxygen atoms in total. The predicted octanol–water partition coefficient (Wildman–Crippen LogP) is 5.49. The van der Waals surface area contributed by atoms with Gasteiger partial charge in [0.1, 0.15) is 5.82 Å². The second kappa shape index (κ2) is 9.33. The Morgan fingerprint density at radius 2 is 1.84 bits per heavy atom. The number of hydrogen-bond acceptors (Lipinski definition) is 1. The van der Waals surface area contributed by atoms with Gasteiger partial charge in [-0.05, 0) is 37.2 Å². The van der Waals surface area contributed by atoms with E-state index in [-0.39, 0.29) is 11.9 Å². The van der Waals surface area contributed by atoms with Gasteiger partial charge in [0, 0.05) is 11.1 Å². The molecule has 1 unspecified atom stereocenters. The Morgan fingerprint density at radius 3 is 2.53 bits per heavy atom. The van der Waals surface area contributed by atoms with Crippen molar-refractivity contribution in [2.75, 3.05) is 7.05 Å². The average molecular weight is 286 g/mol. The maximum Gasteiger partial charge on any atom is 0.123 e. The molecule has 1 aromatic carbocycles. The van der Waals surface area contributed by atoms with Crippen LogP contribution in [0.15, 0.2) is 18.2 Å². The largest absolute Gasteiger partial charge is 0.313 e. The van der Waals surface area contributed by atoms with Crippen LogP contribution in [0, 0.1) is 5.82 Å². The minimum Gasteiger partial charge on any atom is -0.313 e. The number of unbranched alkanes of at least 4 members (excludes halogenated alkanes) is 5. The van der Waals surface area contributed by atoms with Gasteiger partial charge in [0.25, 0.3) is 0 Å². The Bertz CT molecular complexity index is 368. The van der Waals surface area contributed by atoms with Crippen LogP contribution in [0.3, 0.4) is 0 Å². The highest BCUT2D eigenvalue weighted by atomic mass is 35.5. The van der Waals surface area contributed by atoms with Crippen molar-refractivity contribution in [2.24, 2.45) is 0 Å². The van der Waals surface area contributed by atoms with Crippen LogP contribution in [0.2, 0.25) is 5.02 Å². The minimum atomic E-state index is -0.220. The number of halogens is 2. The van der Waals surface area contributed by atoms with Crippen LogP contribution in [0.1, 0.15) is 63.5 Å². The Morgan fingerprint density at radius 1 is 1.16 bits per heavy atom. The molecule has 0 heterocycles. The van der Waals surface area contributed by atoms with Crippen LogP contribution < -0.4 is 5.32 Å². The van der Waals surface area contributed by atoms with Crippen molar-refractivity contribution in [1.29, 1.82) is 0 Å². The molecular weight excluding hydrogens is 261 g/mol. The van der Waals surface area contributed by atoms with Gasteiger partial charge in [0.15, 0.2) is 0 Å². The Hall–Kier alpha value is -0.600. The fraction of sp³-hybridized carbons (Fsp3) is 0.625. The Kier molecular flexibility index (Phi) is 8.08. The Labute approximate surface area is 121 Å². The summed E-state index contributed by atoms with van der Waals surface area (Å²) in [6.07, 6.45) is 8.62. The third kappa shape index (κ3) is 5.92. The monoisotopic (exact) mass is 285 g/mol. The van der Waals surface area contributed by atoms with Crippen molar-refractivity contribution in [3.8, 4) is 0 Å². The molecule has 0 amide bonds. The minimum absolute atomic E-state index is 0.148. The number of benzene rings is 1. The highest BCUT2D eigenvalue weighted by Gasteiger charge is 2.13. The van der Waals surface area contributed by atoms with E-state index in [1.807, 2.05) is 7.05 Å². The van der Waals surface area contributed by atoms with Crippen LogP contribution in [0.5, 0.6) is 0 Å². The zero-order valence-corrected chi connectivity index (χ0v) is 12.8. The van der Waals surface area contributed by atoms with E-state index in [0.29, 0.717) is 5.02 Å². The summed E-state index contributed by atoms with van der Waals surface area (Å²) in [4.78, 5) is 0. The average Bonchev–Trinajstić information content (AvgIpc) is 2.41. The maximum absolute atomic E-state index is 13.3. The van der Waals surface area contributed by atoms with Gasteiger partial charge in [-0.3, -0.25) is 0 Å². The lowest BCUT2D eigenvalue weighted by Crippen LogP contribution is -2.17. The smallest absolute Gasteiger partial charge is 0.123 e. The van der Waals surface area contributed by atoms with Gasteiger partial charge in [-0.25, -0.2) is 4.39 Å². The molecule has 108 valence electrons. The standard InChI is InChI=1S/C16H25ClFN/c1-3-4-5-6-7-8-9-16(19-2)14-12-13(18)10-11-15(14)17/h10-12,16,19H,3-9H2,1-2H3. The van der Waals surface area contributed by atoms with E-state index in [4.69, 9.17) is 11.6 Å². The zero-order valence-electron chi connectivity index (χ0n) is 12.0. The van der Waals surface area contributed by atoms with E-state index in [1.165, 1.54) is 38.2 Å². The molecule has 0 radical (unpaired) electrons. The Balaban J connectivity index is 2.42. The molecule has 1 atom stereocenters. The van der Waals surface area contributed by atoms with Crippen molar-refractivity contribution in [2.45, 2.75) is 57.9 Å². The van der Waals surface area contributed by atoms with Crippen LogP contribution in [-0.2, 0) is 0 Å². The maximum atomic E-state index is 13.3. The summed E-state index contributed by atoms with van der Waals surface area (Å²) in [5.74, 6) is -0.220. The van der Waals surface area contributed by atoms with E-state index in [1.54, 1.807) is 12.1 Å². The molecular formula is C16H25ClFN. The molecule has 0 aliphatic carbocycles. The van der Waals surface area contributed by atoms with Crippen LogP contribution in [-0.4, -0.2) is 7.05 Å². The SMILES string of the molecule is CCCCCCCCC(NC)c1cc(F)ccc1Cl. The summed E-state index contributed by atoms with van der Waals surface area (Å²) in [7, 11) is 1.91. The van der Waals surface area contributed by atoms with Crippen molar-refractivity contribution >= 4 is 11.6 Å². The van der Waals surface area contributed by atoms with E-state index < -0.39 is 0 Å². The summed E-state index contributed by atoms with van der Waals surface area (Å²) in [6.45, 7) is 2.23. The third-order valence-electron chi connectivity index (χ3n) is 3.53. The van der Waals surface area contributed by atoms with Gasteiger partial charge in [-0.2, -0.15) is 0 Å². The van der Waals surface area contributed by atoms with Crippen molar-refractivity contribution in [1.82, 2.24) is 5.32 Å². The summed E-state index contributed by atoms with van der Waals surface area (Å²) in [5.41, 5.74) is 0.873. The molecule has 0 aromatic heterocycles. The predicted molar refractivity (Wildman–Crippen MR) is 81.2 cm³/mol. The van der Waals surface area contributed by atoms with E-state index in [2.05, 4.69) is 12.2 Å². The quantitative estimate of drug-likeness (QED) is 0.592. The highest BCUT2D eigenvalue weighted by molar-refractivity contribution is 6.31. The lowest BCUT2D eigenvalue weighted by molar-refractivity contribution is 0.495. The van der Waals surface area contributed by atoms with Crippen molar-refractivity contribution in [3.05, 3.63) is 34.6 Å². The fourth-order valence-electron chi connectivity index (χ4n) is 2.37. The van der Waals surface area contributed by atoms with Gasteiger partial charge >= 0.3 is 0 Å². The third-order valence-corrected chi connectivity index (χ3v) is 3.87. The number of hydrogen-bond donors (Lipinski definition) is 1. The van der Waals surface area contributed by atoms with Crippen molar-refractivity contribution in [3.63, 3.8) is 0 Å². The molecule has 0 fully saturated rings. The highest BCUT2D eigenvalue weighted by Crippen LogP contribution is 2.27. The summed E-state index contributed by atoms with van der Waals surface area (Å²) in [6, 6.07) is 4.73. The second-order valence-corrected chi connectivity index (χ2v) is 5.47. The summed E-state index contributed by atoms with van der Waals surface area (Å²) < 4.78 is 13.3. The molecule has 0 aliphatic rings. The van der Waals surface area contributed by atoms with Gasteiger partial charge in [-0.15, -0.1) is 0 Å². The van der Waals surface area contributed by atoms with Gasteiger partial charge in [0.05, 0.1) is 0 Å². The molecule has 0 aliphatic heterocycles. The van der Waals surface area contributed by atoms with E-state index in [9.17, 15) is 4.39 Å². The zero-order chi connectivity index (χ0) is 14.1. The first-order valence-corrected chi connectivity index (χ1v) is 7.69. The van der Waals surface area contributed by atoms with Crippen LogP contribution in [0.25, 0.3) is 0 Å². The van der Waals surface area contributed by atoms with Gasteiger partial charge in [-0.1, -0.05) is 57.0 Å².